The molecule has 0 aromatic rings. The molecule has 0 saturated carbocycles. The molecule has 0 fully saturated rings. The van der Waals surface area contributed by atoms with E-state index in [0.29, 0.717) is 0 Å². The van der Waals surface area contributed by atoms with E-state index >= 15 is 0 Å². The molecule has 0 aromatic heterocycles. The first-order valence-electron chi connectivity index (χ1n) is 4.21. The first-order valence-corrected chi connectivity index (χ1v) is 4.21. The Kier molecular flexibility index (Phi) is 3.71. The fraction of sp³-hybridized carbons (Fsp3) is 0.889. The number of hydrogen-bond acceptors (Lipinski definition) is 2. The van der Waals surface area contributed by atoms with Crippen molar-refractivity contribution < 1.29 is 9.90 Å². The second-order valence-electron chi connectivity index (χ2n) is 4.02. The summed E-state index contributed by atoms with van der Waals surface area (Å²) >= 11 is 0. The maximum atomic E-state index is 11.5. The van der Waals surface area contributed by atoms with Gasteiger partial charge in [-0.1, -0.05) is 13.8 Å². The third-order valence-corrected chi connectivity index (χ3v) is 2.12. The van der Waals surface area contributed by atoms with Gasteiger partial charge in [0.1, 0.15) is 0 Å². The van der Waals surface area contributed by atoms with Crippen molar-refractivity contribution in [1.29, 1.82) is 0 Å². The Hall–Kier alpha value is -0.570. The van der Waals surface area contributed by atoms with Crippen molar-refractivity contribution in [3.05, 3.63) is 0 Å². The smallest absolute Gasteiger partial charge is 0.225 e. The molecule has 0 aliphatic heterocycles. The van der Waals surface area contributed by atoms with Gasteiger partial charge in [-0.05, 0) is 13.8 Å². The number of nitrogens with zero attached hydrogens (tertiary/aromatic N) is 1. The molecule has 0 rings (SSSR count). The molecule has 0 unspecified atom stereocenters. The first-order chi connectivity index (χ1) is 5.33. The van der Waals surface area contributed by atoms with E-state index in [2.05, 4.69) is 0 Å². The Morgan fingerprint density at radius 1 is 1.50 bits per heavy atom. The van der Waals surface area contributed by atoms with Crippen molar-refractivity contribution in [2.45, 2.75) is 33.2 Å². The second kappa shape index (κ2) is 3.90. The Balaban J connectivity index is 4.38. The highest BCUT2D eigenvalue weighted by molar-refractivity contribution is 5.78. The molecule has 0 atom stereocenters. The summed E-state index contributed by atoms with van der Waals surface area (Å²) < 4.78 is 0. The minimum atomic E-state index is -0.457. The fourth-order valence-corrected chi connectivity index (χ4v) is 0.792. The van der Waals surface area contributed by atoms with Crippen LogP contribution in [0.3, 0.4) is 0 Å². The number of aliphatic hydroxyl groups excluding tert-OH is 1. The molecule has 0 aromatic carbocycles. The van der Waals surface area contributed by atoms with E-state index in [4.69, 9.17) is 5.11 Å². The van der Waals surface area contributed by atoms with Gasteiger partial charge in [0.2, 0.25) is 5.91 Å². The van der Waals surface area contributed by atoms with Crippen molar-refractivity contribution >= 4 is 5.91 Å². The standard InChI is InChI=1S/C9H19NO2/c1-7(2)8(12)10(5)9(3,4)6-11/h7,11H,6H2,1-5H3. The Morgan fingerprint density at radius 3 is 2.17 bits per heavy atom. The van der Waals surface area contributed by atoms with Gasteiger partial charge in [-0.15, -0.1) is 0 Å². The van der Waals surface area contributed by atoms with Crippen molar-refractivity contribution in [3.63, 3.8) is 0 Å². The molecular weight excluding hydrogens is 154 g/mol. The average molecular weight is 173 g/mol. The van der Waals surface area contributed by atoms with Crippen LogP contribution in [0.2, 0.25) is 0 Å². The van der Waals surface area contributed by atoms with Crippen LogP contribution in [-0.4, -0.2) is 35.1 Å². The third-order valence-electron chi connectivity index (χ3n) is 2.12. The van der Waals surface area contributed by atoms with Crippen LogP contribution in [0.5, 0.6) is 0 Å². The van der Waals surface area contributed by atoms with Crippen LogP contribution in [0, 0.1) is 5.92 Å². The van der Waals surface area contributed by atoms with Gasteiger partial charge in [-0.3, -0.25) is 4.79 Å². The van der Waals surface area contributed by atoms with Crippen LogP contribution in [0.15, 0.2) is 0 Å². The molecule has 3 nitrogen and oxygen atoms in total. The van der Waals surface area contributed by atoms with Gasteiger partial charge >= 0.3 is 0 Å². The molecule has 0 bridgehead atoms. The summed E-state index contributed by atoms with van der Waals surface area (Å²) in [5, 5.41) is 9.00. The summed E-state index contributed by atoms with van der Waals surface area (Å²) in [5.41, 5.74) is -0.457. The highest BCUT2D eigenvalue weighted by Gasteiger charge is 2.27. The van der Waals surface area contributed by atoms with E-state index in [1.165, 1.54) is 0 Å². The molecule has 3 heteroatoms. The van der Waals surface area contributed by atoms with Crippen LogP contribution in [0.1, 0.15) is 27.7 Å². The maximum absolute atomic E-state index is 11.5. The summed E-state index contributed by atoms with van der Waals surface area (Å²) in [6, 6.07) is 0. The first kappa shape index (κ1) is 11.4. The van der Waals surface area contributed by atoms with Crippen LogP contribution >= 0.6 is 0 Å². The molecule has 1 amide bonds. The quantitative estimate of drug-likeness (QED) is 0.688. The van der Waals surface area contributed by atoms with Crippen LogP contribution < -0.4 is 0 Å². The molecule has 72 valence electrons. The number of rotatable bonds is 3. The number of likely N-dealkylation sites (N-methyl/N-ethyl adjacent to an activating group) is 1. The average Bonchev–Trinajstić information content (AvgIpc) is 2.01. The zero-order valence-corrected chi connectivity index (χ0v) is 8.59. The zero-order valence-electron chi connectivity index (χ0n) is 8.59. The van der Waals surface area contributed by atoms with Gasteiger partial charge in [0, 0.05) is 13.0 Å². The van der Waals surface area contributed by atoms with Crippen molar-refractivity contribution in [1.82, 2.24) is 4.90 Å². The van der Waals surface area contributed by atoms with Crippen LogP contribution in [-0.2, 0) is 4.79 Å². The number of carbonyl (C=O) groups is 1. The lowest BCUT2D eigenvalue weighted by Crippen LogP contribution is -2.49. The summed E-state index contributed by atoms with van der Waals surface area (Å²) in [6.07, 6.45) is 0. The molecule has 0 aliphatic rings. The highest BCUT2D eigenvalue weighted by atomic mass is 16.3. The van der Waals surface area contributed by atoms with Gasteiger partial charge in [0.05, 0.1) is 12.1 Å². The summed E-state index contributed by atoms with van der Waals surface area (Å²) in [6.45, 7) is 7.38. The molecule has 0 heterocycles. The minimum absolute atomic E-state index is 0.0119. The van der Waals surface area contributed by atoms with E-state index in [9.17, 15) is 4.79 Å². The van der Waals surface area contributed by atoms with E-state index in [-0.39, 0.29) is 18.4 Å². The van der Waals surface area contributed by atoms with Crippen LogP contribution in [0.25, 0.3) is 0 Å². The molecule has 0 saturated heterocycles. The molecule has 12 heavy (non-hydrogen) atoms. The molecular formula is C9H19NO2. The minimum Gasteiger partial charge on any atom is -0.394 e. The maximum Gasteiger partial charge on any atom is 0.225 e. The highest BCUT2D eigenvalue weighted by Crippen LogP contribution is 2.13. The SMILES string of the molecule is CC(C)C(=O)N(C)C(C)(C)CO. The zero-order chi connectivity index (χ0) is 9.94. The normalized spacial score (nSPS) is 11.9. The molecule has 0 spiro atoms. The number of hydrogen-bond donors (Lipinski definition) is 1. The Morgan fingerprint density at radius 2 is 1.92 bits per heavy atom. The molecule has 1 N–H and O–H groups in total. The number of aliphatic hydroxyl groups is 1. The van der Waals surface area contributed by atoms with E-state index in [1.807, 2.05) is 27.7 Å². The Bertz CT molecular complexity index is 164. The van der Waals surface area contributed by atoms with Gasteiger partial charge < -0.3 is 10.0 Å². The third kappa shape index (κ3) is 2.48. The van der Waals surface area contributed by atoms with Crippen LogP contribution in [0.4, 0.5) is 0 Å². The fourth-order valence-electron chi connectivity index (χ4n) is 0.792. The lowest BCUT2D eigenvalue weighted by molar-refractivity contribution is -0.139. The van der Waals surface area contributed by atoms with Gasteiger partial charge in [-0.25, -0.2) is 0 Å². The second-order valence-corrected chi connectivity index (χ2v) is 4.02. The van der Waals surface area contributed by atoms with Gasteiger partial charge in [-0.2, -0.15) is 0 Å². The number of carbonyl (C=O) groups excluding carboxylic acids is 1. The Labute approximate surface area is 74.4 Å². The summed E-state index contributed by atoms with van der Waals surface area (Å²) in [7, 11) is 1.72. The van der Waals surface area contributed by atoms with Gasteiger partial charge in [0.25, 0.3) is 0 Å². The predicted octanol–water partition coefficient (Wildman–Crippen LogP) is 0.872. The number of amides is 1. The van der Waals surface area contributed by atoms with E-state index in [1.54, 1.807) is 11.9 Å². The summed E-state index contributed by atoms with van der Waals surface area (Å²) in [5.74, 6) is 0.0508. The van der Waals surface area contributed by atoms with Gasteiger partial charge in [0.15, 0.2) is 0 Å². The van der Waals surface area contributed by atoms with Crippen molar-refractivity contribution in [3.8, 4) is 0 Å². The molecule has 0 radical (unpaired) electrons. The largest absolute Gasteiger partial charge is 0.394 e. The van der Waals surface area contributed by atoms with Crippen molar-refractivity contribution in [2.24, 2.45) is 5.92 Å². The monoisotopic (exact) mass is 173 g/mol. The van der Waals surface area contributed by atoms with Crippen molar-refractivity contribution in [2.75, 3.05) is 13.7 Å². The van der Waals surface area contributed by atoms with E-state index < -0.39 is 5.54 Å². The predicted molar refractivity (Wildman–Crippen MR) is 48.8 cm³/mol. The topological polar surface area (TPSA) is 40.5 Å². The lowest BCUT2D eigenvalue weighted by Gasteiger charge is -2.35. The summed E-state index contributed by atoms with van der Waals surface area (Å²) in [4.78, 5) is 13.1. The lowest BCUT2D eigenvalue weighted by atomic mass is 10.0. The van der Waals surface area contributed by atoms with E-state index in [0.717, 1.165) is 0 Å². The molecule has 0 aliphatic carbocycles.